The Balaban J connectivity index is 1.59. The van der Waals surface area contributed by atoms with Gasteiger partial charge in [0, 0.05) is 49.1 Å². The Hall–Kier alpha value is -3.65. The maximum atomic E-state index is 13.2. The highest BCUT2D eigenvalue weighted by Gasteiger charge is 2.39. The summed E-state index contributed by atoms with van der Waals surface area (Å²) in [5.74, 6) is -1.77. The number of benzene rings is 3. The van der Waals surface area contributed by atoms with Crippen molar-refractivity contribution >= 4 is 17.4 Å². The molecular formula is C28H27F3N2O3. The van der Waals surface area contributed by atoms with Gasteiger partial charge in [-0.3, -0.25) is 14.5 Å². The van der Waals surface area contributed by atoms with Crippen LogP contribution < -0.4 is 10.1 Å². The molecule has 1 aliphatic heterocycles. The quantitative estimate of drug-likeness (QED) is 0.475. The Morgan fingerprint density at radius 3 is 2.19 bits per heavy atom. The van der Waals surface area contributed by atoms with Crippen LogP contribution in [0.2, 0.25) is 0 Å². The summed E-state index contributed by atoms with van der Waals surface area (Å²) < 4.78 is 43.6. The predicted molar refractivity (Wildman–Crippen MR) is 131 cm³/mol. The monoisotopic (exact) mass is 496 g/mol. The molecule has 0 aliphatic carbocycles. The summed E-state index contributed by atoms with van der Waals surface area (Å²) in [4.78, 5) is 26.7. The van der Waals surface area contributed by atoms with Crippen molar-refractivity contribution in [1.82, 2.24) is 4.90 Å². The molecule has 5 nitrogen and oxygen atoms in total. The molecule has 1 atom stereocenters. The van der Waals surface area contributed by atoms with E-state index in [2.05, 4.69) is 4.90 Å². The second-order valence-corrected chi connectivity index (χ2v) is 8.84. The fourth-order valence-electron chi connectivity index (χ4n) is 4.76. The molecule has 1 amide bonds. The number of carbonyl (C=O) groups excluding carboxylic acids is 2. The van der Waals surface area contributed by atoms with Crippen LogP contribution in [0.3, 0.4) is 0 Å². The molecule has 0 saturated carbocycles. The van der Waals surface area contributed by atoms with E-state index in [1.807, 2.05) is 66.0 Å². The number of anilines is 1. The van der Waals surface area contributed by atoms with E-state index in [0.29, 0.717) is 37.4 Å². The lowest BCUT2D eigenvalue weighted by Gasteiger charge is -2.36. The lowest BCUT2D eigenvalue weighted by molar-refractivity contribution is -0.167. The topological polar surface area (TPSA) is 58.6 Å². The second kappa shape index (κ2) is 11.0. The number of hydrogen-bond acceptors (Lipinski definition) is 4. The molecule has 0 radical (unpaired) electrons. The maximum absolute atomic E-state index is 13.2. The number of ketones is 1. The number of hydrogen-bond donors (Lipinski definition) is 1. The highest BCUT2D eigenvalue weighted by atomic mass is 19.4. The van der Waals surface area contributed by atoms with Crippen LogP contribution in [0, 0.1) is 5.92 Å². The predicted octanol–water partition coefficient (Wildman–Crippen LogP) is 5.42. The van der Waals surface area contributed by atoms with Crippen molar-refractivity contribution in [3.05, 3.63) is 95.6 Å². The molecule has 1 unspecified atom stereocenters. The van der Waals surface area contributed by atoms with Crippen LogP contribution in [0.4, 0.5) is 18.9 Å². The molecule has 3 aromatic rings. The third kappa shape index (κ3) is 5.94. The highest BCUT2D eigenvalue weighted by Crippen LogP contribution is 2.36. The minimum atomic E-state index is -4.98. The number of nitrogens with zero attached hydrogens (tertiary/aromatic N) is 1. The van der Waals surface area contributed by atoms with Gasteiger partial charge in [0.1, 0.15) is 11.5 Å². The Kier molecular flexibility index (Phi) is 7.74. The minimum absolute atomic E-state index is 0.0317. The van der Waals surface area contributed by atoms with E-state index in [1.54, 1.807) is 0 Å². The van der Waals surface area contributed by atoms with Gasteiger partial charge in [-0.2, -0.15) is 13.2 Å². The van der Waals surface area contributed by atoms with Gasteiger partial charge in [-0.25, -0.2) is 0 Å². The second-order valence-electron chi connectivity index (χ2n) is 8.84. The van der Waals surface area contributed by atoms with Gasteiger partial charge in [0.05, 0.1) is 7.11 Å². The van der Waals surface area contributed by atoms with Crippen molar-refractivity contribution in [2.75, 3.05) is 25.5 Å². The molecule has 36 heavy (non-hydrogen) atoms. The van der Waals surface area contributed by atoms with Gasteiger partial charge in [0.15, 0.2) is 0 Å². The number of carbonyl (C=O) groups is 2. The van der Waals surface area contributed by atoms with Gasteiger partial charge in [0.25, 0.3) is 0 Å². The number of ether oxygens (including phenoxy) is 1. The molecule has 0 bridgehead atoms. The van der Waals surface area contributed by atoms with Crippen LogP contribution in [-0.4, -0.2) is 43.0 Å². The zero-order valence-electron chi connectivity index (χ0n) is 19.8. The Bertz CT molecular complexity index is 1160. The van der Waals surface area contributed by atoms with Crippen LogP contribution in [0.15, 0.2) is 78.9 Å². The molecule has 188 valence electrons. The molecule has 4 rings (SSSR count). The fraction of sp³-hybridized carbons (Fsp3) is 0.286. The summed E-state index contributed by atoms with van der Waals surface area (Å²) in [5, 5.41) is 1.90. The largest absolute Gasteiger partial charge is 0.496 e. The Labute approximate surface area is 207 Å². The first kappa shape index (κ1) is 25.4. The highest BCUT2D eigenvalue weighted by molar-refractivity contribution is 5.95. The minimum Gasteiger partial charge on any atom is -0.496 e. The summed E-state index contributed by atoms with van der Waals surface area (Å²) in [6, 6.07) is 24.2. The van der Waals surface area contributed by atoms with Crippen molar-refractivity contribution in [2.45, 2.75) is 25.1 Å². The number of likely N-dealkylation sites (tertiary alicyclic amines) is 1. The molecule has 1 saturated heterocycles. The van der Waals surface area contributed by atoms with E-state index in [-0.39, 0.29) is 23.3 Å². The van der Waals surface area contributed by atoms with Gasteiger partial charge in [-0.05, 0) is 29.3 Å². The zero-order valence-corrected chi connectivity index (χ0v) is 19.8. The smallest absolute Gasteiger partial charge is 0.471 e. The molecule has 1 aliphatic rings. The van der Waals surface area contributed by atoms with E-state index < -0.39 is 12.1 Å². The molecule has 1 heterocycles. The Morgan fingerprint density at radius 2 is 1.64 bits per heavy atom. The number of alkyl halides is 3. The van der Waals surface area contributed by atoms with Gasteiger partial charge in [-0.15, -0.1) is 0 Å². The SMILES string of the molecule is COc1ccc(NC(=O)C(F)(F)F)cc1CN1CCC(=O)C(C(c2ccccc2)c2ccccc2)C1. The van der Waals surface area contributed by atoms with E-state index in [4.69, 9.17) is 4.74 Å². The van der Waals surface area contributed by atoms with Crippen molar-refractivity contribution in [1.29, 1.82) is 0 Å². The first-order valence-electron chi connectivity index (χ1n) is 11.7. The van der Waals surface area contributed by atoms with Crippen LogP contribution in [0.1, 0.15) is 29.0 Å². The number of halogens is 3. The number of methoxy groups -OCH3 is 1. The number of amides is 1. The summed E-state index contributed by atoms with van der Waals surface area (Å²) in [5.41, 5.74) is 2.77. The van der Waals surface area contributed by atoms with Crippen molar-refractivity contribution in [3.8, 4) is 5.75 Å². The van der Waals surface area contributed by atoms with Gasteiger partial charge in [0.2, 0.25) is 0 Å². The lowest BCUT2D eigenvalue weighted by Crippen LogP contribution is -2.43. The van der Waals surface area contributed by atoms with E-state index >= 15 is 0 Å². The summed E-state index contributed by atoms with van der Waals surface area (Å²) in [7, 11) is 1.48. The summed E-state index contributed by atoms with van der Waals surface area (Å²) >= 11 is 0. The third-order valence-corrected chi connectivity index (χ3v) is 6.45. The molecule has 1 N–H and O–H groups in total. The number of rotatable bonds is 7. The van der Waals surface area contributed by atoms with Crippen LogP contribution >= 0.6 is 0 Å². The van der Waals surface area contributed by atoms with Gasteiger partial charge < -0.3 is 10.1 Å². The molecule has 1 fully saturated rings. The summed E-state index contributed by atoms with van der Waals surface area (Å²) in [6.07, 6.45) is -4.61. The zero-order chi connectivity index (χ0) is 25.7. The van der Waals surface area contributed by atoms with E-state index in [1.165, 1.54) is 25.3 Å². The van der Waals surface area contributed by atoms with Crippen molar-refractivity contribution < 1.29 is 27.5 Å². The first-order valence-corrected chi connectivity index (χ1v) is 11.7. The Morgan fingerprint density at radius 1 is 1.03 bits per heavy atom. The first-order chi connectivity index (χ1) is 17.3. The normalized spacial score (nSPS) is 16.7. The van der Waals surface area contributed by atoms with Gasteiger partial charge in [-0.1, -0.05) is 60.7 Å². The maximum Gasteiger partial charge on any atom is 0.471 e. The average Bonchev–Trinajstić information content (AvgIpc) is 2.87. The number of piperidine rings is 1. The van der Waals surface area contributed by atoms with E-state index in [0.717, 1.165) is 11.1 Å². The fourth-order valence-corrected chi connectivity index (χ4v) is 4.76. The lowest BCUT2D eigenvalue weighted by atomic mass is 9.76. The average molecular weight is 497 g/mol. The number of Topliss-reactive ketones (excluding diaryl/α,β-unsaturated/α-hetero) is 1. The van der Waals surface area contributed by atoms with Crippen molar-refractivity contribution in [3.63, 3.8) is 0 Å². The molecular weight excluding hydrogens is 469 g/mol. The molecule has 0 aromatic heterocycles. The van der Waals surface area contributed by atoms with Crippen LogP contribution in [0.25, 0.3) is 0 Å². The standard InChI is InChI=1S/C28H27F3N2O3/c1-36-25-13-12-22(32-27(35)28(29,30)31)16-21(25)17-33-15-14-24(34)23(18-33)26(19-8-4-2-5-9-19)20-10-6-3-7-11-20/h2-13,16,23,26H,14-15,17-18H2,1H3,(H,32,35). The molecule has 0 spiro atoms. The van der Waals surface area contributed by atoms with Crippen LogP contribution in [0.5, 0.6) is 5.75 Å². The molecule has 8 heteroatoms. The molecule has 3 aromatic carbocycles. The van der Waals surface area contributed by atoms with E-state index in [9.17, 15) is 22.8 Å². The van der Waals surface area contributed by atoms with Gasteiger partial charge >= 0.3 is 12.1 Å². The van der Waals surface area contributed by atoms with Crippen molar-refractivity contribution in [2.24, 2.45) is 5.92 Å². The third-order valence-electron chi connectivity index (χ3n) is 6.45. The van der Waals surface area contributed by atoms with Crippen LogP contribution in [-0.2, 0) is 16.1 Å². The summed E-state index contributed by atoms with van der Waals surface area (Å²) in [6.45, 7) is 1.36. The number of nitrogens with one attached hydrogen (secondary N) is 1.